The lowest BCUT2D eigenvalue weighted by atomic mass is 9.93. The number of anilines is 1. The molecule has 0 bridgehead atoms. The average Bonchev–Trinajstić information content (AvgIpc) is 2.75. The highest BCUT2D eigenvalue weighted by Crippen LogP contribution is 2.33. The van der Waals surface area contributed by atoms with Crippen LogP contribution in [0.15, 0.2) is 0 Å². The van der Waals surface area contributed by atoms with Gasteiger partial charge in [-0.25, -0.2) is 9.78 Å². The van der Waals surface area contributed by atoms with Gasteiger partial charge < -0.3 is 9.64 Å². The van der Waals surface area contributed by atoms with Gasteiger partial charge in [-0.05, 0) is 39.5 Å². The normalized spacial score (nSPS) is 23.5. The summed E-state index contributed by atoms with van der Waals surface area (Å²) in [7, 11) is 0. The van der Waals surface area contributed by atoms with E-state index in [-0.39, 0.29) is 5.97 Å². The highest BCUT2D eigenvalue weighted by Gasteiger charge is 2.28. The maximum absolute atomic E-state index is 11.8. The first-order valence-corrected chi connectivity index (χ1v) is 7.77. The Morgan fingerprint density at radius 1 is 1.53 bits per heavy atom. The van der Waals surface area contributed by atoms with Crippen LogP contribution in [-0.2, 0) is 4.74 Å². The van der Waals surface area contributed by atoms with E-state index in [1.807, 2.05) is 13.8 Å². The predicted octanol–water partition coefficient (Wildman–Crippen LogP) is 3.25. The van der Waals surface area contributed by atoms with Crippen molar-refractivity contribution in [1.82, 2.24) is 4.98 Å². The van der Waals surface area contributed by atoms with Crippen LogP contribution in [0.5, 0.6) is 0 Å². The number of hydrogen-bond donors (Lipinski definition) is 0. The largest absolute Gasteiger partial charge is 0.461 e. The molecule has 1 aromatic heterocycles. The third kappa shape index (κ3) is 2.91. The number of thiazole rings is 1. The predicted molar refractivity (Wildman–Crippen MR) is 78.0 cm³/mol. The molecule has 1 fully saturated rings. The fraction of sp³-hybridized carbons (Fsp3) is 0.714. The third-order valence-electron chi connectivity index (χ3n) is 3.87. The molecule has 2 rings (SSSR count). The third-order valence-corrected chi connectivity index (χ3v) is 4.88. The maximum atomic E-state index is 11.8. The smallest absolute Gasteiger partial charge is 0.358 e. The molecule has 4 nitrogen and oxygen atoms in total. The van der Waals surface area contributed by atoms with E-state index in [4.69, 9.17) is 4.74 Å². The van der Waals surface area contributed by atoms with Gasteiger partial charge in [0.15, 0.2) is 10.8 Å². The Balaban J connectivity index is 2.21. The second-order valence-electron chi connectivity index (χ2n) is 5.18. The number of piperidine rings is 1. The fourth-order valence-corrected chi connectivity index (χ4v) is 3.51. The molecule has 0 radical (unpaired) electrons. The number of carbonyl (C=O) groups is 1. The van der Waals surface area contributed by atoms with E-state index >= 15 is 0 Å². The lowest BCUT2D eigenvalue weighted by Gasteiger charge is -2.37. The number of rotatable bonds is 3. The number of esters is 1. The Labute approximate surface area is 118 Å². The second kappa shape index (κ2) is 5.90. The molecular formula is C14H22N2O2S. The zero-order valence-corrected chi connectivity index (χ0v) is 12.9. The lowest BCUT2D eigenvalue weighted by molar-refractivity contribution is 0.0519. The SMILES string of the molecule is CCOC(=O)c1nc(N2CCCC(C)C2C)sc1C. The molecule has 2 atom stereocenters. The average molecular weight is 282 g/mol. The summed E-state index contributed by atoms with van der Waals surface area (Å²) in [4.78, 5) is 19.6. The van der Waals surface area contributed by atoms with Crippen molar-refractivity contribution in [2.45, 2.75) is 46.6 Å². The molecule has 19 heavy (non-hydrogen) atoms. The molecule has 0 aromatic carbocycles. The molecule has 2 unspecified atom stereocenters. The van der Waals surface area contributed by atoms with Gasteiger partial charge in [0.2, 0.25) is 0 Å². The van der Waals surface area contributed by atoms with Crippen molar-refractivity contribution >= 4 is 22.4 Å². The minimum Gasteiger partial charge on any atom is -0.461 e. The lowest BCUT2D eigenvalue weighted by Crippen LogP contribution is -2.42. The summed E-state index contributed by atoms with van der Waals surface area (Å²) >= 11 is 1.59. The van der Waals surface area contributed by atoms with Gasteiger partial charge in [0, 0.05) is 17.5 Å². The molecule has 1 aliphatic rings. The molecule has 0 spiro atoms. The molecule has 1 saturated heterocycles. The van der Waals surface area contributed by atoms with Gasteiger partial charge in [0.05, 0.1) is 6.61 Å². The summed E-state index contributed by atoms with van der Waals surface area (Å²) in [6.07, 6.45) is 2.46. The number of ether oxygens (including phenoxy) is 1. The molecular weight excluding hydrogens is 260 g/mol. The van der Waals surface area contributed by atoms with Gasteiger partial charge >= 0.3 is 5.97 Å². The summed E-state index contributed by atoms with van der Waals surface area (Å²) in [5.74, 6) is 0.365. The van der Waals surface area contributed by atoms with E-state index in [0.717, 1.165) is 16.6 Å². The van der Waals surface area contributed by atoms with Crippen molar-refractivity contribution in [3.05, 3.63) is 10.6 Å². The van der Waals surface area contributed by atoms with Crippen molar-refractivity contribution in [1.29, 1.82) is 0 Å². The Hall–Kier alpha value is -1.10. The topological polar surface area (TPSA) is 42.4 Å². The monoisotopic (exact) mass is 282 g/mol. The van der Waals surface area contributed by atoms with Crippen LogP contribution in [0.3, 0.4) is 0 Å². The van der Waals surface area contributed by atoms with Crippen LogP contribution in [0.2, 0.25) is 0 Å². The van der Waals surface area contributed by atoms with Crippen LogP contribution in [0.1, 0.15) is 49.0 Å². The summed E-state index contributed by atoms with van der Waals surface area (Å²) in [6, 6.07) is 0.481. The quantitative estimate of drug-likeness (QED) is 0.798. The first-order valence-electron chi connectivity index (χ1n) is 6.95. The van der Waals surface area contributed by atoms with E-state index < -0.39 is 0 Å². The second-order valence-corrected chi connectivity index (χ2v) is 6.36. The van der Waals surface area contributed by atoms with Gasteiger partial charge in [0.1, 0.15) is 0 Å². The number of aromatic nitrogens is 1. The number of carbonyl (C=O) groups excluding carboxylic acids is 1. The number of hydrogen-bond acceptors (Lipinski definition) is 5. The van der Waals surface area contributed by atoms with E-state index in [9.17, 15) is 4.79 Å². The zero-order chi connectivity index (χ0) is 14.0. The molecule has 1 aromatic rings. The van der Waals surface area contributed by atoms with Crippen molar-refractivity contribution in [2.75, 3.05) is 18.1 Å². The molecule has 0 saturated carbocycles. The molecule has 5 heteroatoms. The molecule has 0 N–H and O–H groups in total. The summed E-state index contributed by atoms with van der Waals surface area (Å²) < 4.78 is 5.04. The van der Waals surface area contributed by atoms with Crippen molar-refractivity contribution < 1.29 is 9.53 Å². The van der Waals surface area contributed by atoms with Crippen molar-refractivity contribution in [3.8, 4) is 0 Å². The van der Waals surface area contributed by atoms with E-state index in [1.54, 1.807) is 11.3 Å². The minimum atomic E-state index is -0.305. The van der Waals surface area contributed by atoms with Crippen LogP contribution in [-0.4, -0.2) is 30.1 Å². The van der Waals surface area contributed by atoms with Gasteiger partial charge in [-0.1, -0.05) is 6.92 Å². The Morgan fingerprint density at radius 2 is 2.26 bits per heavy atom. The zero-order valence-electron chi connectivity index (χ0n) is 12.1. The molecule has 106 valence electrons. The highest BCUT2D eigenvalue weighted by atomic mass is 32.1. The Morgan fingerprint density at radius 3 is 2.95 bits per heavy atom. The number of aryl methyl sites for hydroxylation is 1. The Kier molecular flexibility index (Phi) is 4.45. The highest BCUT2D eigenvalue weighted by molar-refractivity contribution is 7.15. The molecule has 1 aliphatic heterocycles. The Bertz CT molecular complexity index is 458. The van der Waals surface area contributed by atoms with Crippen LogP contribution < -0.4 is 4.90 Å². The summed E-state index contributed by atoms with van der Waals surface area (Å²) in [5.41, 5.74) is 0.479. The van der Waals surface area contributed by atoms with Gasteiger partial charge in [-0.3, -0.25) is 0 Å². The van der Waals surface area contributed by atoms with E-state index in [1.165, 1.54) is 12.8 Å². The number of nitrogens with zero attached hydrogens (tertiary/aromatic N) is 2. The first-order chi connectivity index (χ1) is 9.04. The van der Waals surface area contributed by atoms with Crippen molar-refractivity contribution in [2.24, 2.45) is 5.92 Å². The molecule has 0 amide bonds. The van der Waals surface area contributed by atoms with Crippen molar-refractivity contribution in [3.63, 3.8) is 0 Å². The van der Waals surface area contributed by atoms with Crippen LogP contribution >= 0.6 is 11.3 Å². The van der Waals surface area contributed by atoms with Crippen LogP contribution in [0.4, 0.5) is 5.13 Å². The van der Waals surface area contributed by atoms with Crippen LogP contribution in [0, 0.1) is 12.8 Å². The van der Waals surface area contributed by atoms with Gasteiger partial charge in [-0.15, -0.1) is 11.3 Å². The summed E-state index contributed by atoms with van der Waals surface area (Å²) in [6.45, 7) is 9.69. The maximum Gasteiger partial charge on any atom is 0.358 e. The molecule has 2 heterocycles. The van der Waals surface area contributed by atoms with Gasteiger partial charge in [0.25, 0.3) is 0 Å². The van der Waals surface area contributed by atoms with Gasteiger partial charge in [-0.2, -0.15) is 0 Å². The van der Waals surface area contributed by atoms with E-state index in [2.05, 4.69) is 23.7 Å². The van der Waals surface area contributed by atoms with Crippen LogP contribution in [0.25, 0.3) is 0 Å². The fourth-order valence-electron chi connectivity index (χ4n) is 2.50. The standard InChI is InChI=1S/C14H22N2O2S/c1-5-18-13(17)12-11(4)19-14(15-12)16-8-6-7-9(2)10(16)3/h9-10H,5-8H2,1-4H3. The summed E-state index contributed by atoms with van der Waals surface area (Å²) in [5, 5.41) is 0.958. The van der Waals surface area contributed by atoms with E-state index in [0.29, 0.717) is 24.3 Å². The first kappa shape index (κ1) is 14.3. The molecule has 0 aliphatic carbocycles. The minimum absolute atomic E-state index is 0.305.